The molecule has 0 spiro atoms. The summed E-state index contributed by atoms with van der Waals surface area (Å²) in [6.45, 7) is 0. The number of para-hydroxylation sites is 1. The Bertz CT molecular complexity index is 1030. The van der Waals surface area contributed by atoms with Crippen LogP contribution in [-0.4, -0.2) is 19.9 Å². The molecule has 1 N–H and O–H groups in total. The number of benzene rings is 2. The first-order valence-corrected chi connectivity index (χ1v) is 10.0. The maximum absolute atomic E-state index is 12.8. The van der Waals surface area contributed by atoms with Crippen LogP contribution >= 0.6 is 23.2 Å². The molecule has 1 amide bonds. The lowest BCUT2D eigenvalue weighted by molar-refractivity contribution is 0.102. The molecule has 1 aliphatic heterocycles. The van der Waals surface area contributed by atoms with Crippen LogP contribution in [0.5, 0.6) is 0 Å². The summed E-state index contributed by atoms with van der Waals surface area (Å²) in [5.74, 6) is 0.906. The lowest BCUT2D eigenvalue weighted by Crippen LogP contribution is -2.17. The third-order valence-electron chi connectivity index (χ3n) is 4.08. The van der Waals surface area contributed by atoms with E-state index in [0.717, 1.165) is 16.9 Å². The number of anilines is 1. The number of aromatic nitrogens is 2. The summed E-state index contributed by atoms with van der Waals surface area (Å²) in [4.78, 5) is 12.8. The van der Waals surface area contributed by atoms with E-state index in [0.29, 0.717) is 27.9 Å². The lowest BCUT2D eigenvalue weighted by Gasteiger charge is -2.12. The Kier molecular flexibility index (Phi) is 4.56. The van der Waals surface area contributed by atoms with Crippen molar-refractivity contribution in [1.29, 1.82) is 0 Å². The van der Waals surface area contributed by atoms with Gasteiger partial charge in [0, 0.05) is 21.4 Å². The molecule has 1 atom stereocenters. The van der Waals surface area contributed by atoms with Gasteiger partial charge >= 0.3 is 0 Å². The summed E-state index contributed by atoms with van der Waals surface area (Å²) >= 11 is 12.0. The van der Waals surface area contributed by atoms with Crippen molar-refractivity contribution in [3.8, 4) is 5.69 Å². The first kappa shape index (κ1) is 17.3. The summed E-state index contributed by atoms with van der Waals surface area (Å²) in [5.41, 5.74) is 2.66. The van der Waals surface area contributed by atoms with Crippen molar-refractivity contribution in [1.82, 2.24) is 9.78 Å². The second-order valence-electron chi connectivity index (χ2n) is 5.83. The highest BCUT2D eigenvalue weighted by Gasteiger charge is 2.28. The molecular weight excluding hydrogens is 393 g/mol. The Morgan fingerprint density at radius 2 is 1.88 bits per heavy atom. The highest BCUT2D eigenvalue weighted by atomic mass is 35.5. The number of carbonyl (C=O) groups is 1. The minimum absolute atomic E-state index is 0.265. The summed E-state index contributed by atoms with van der Waals surface area (Å²) in [7, 11) is -1.00. The number of rotatable bonds is 3. The number of nitrogens with zero attached hydrogens (tertiary/aromatic N) is 2. The van der Waals surface area contributed by atoms with E-state index < -0.39 is 10.8 Å². The fourth-order valence-electron chi connectivity index (χ4n) is 2.86. The Morgan fingerprint density at radius 3 is 2.62 bits per heavy atom. The third-order valence-corrected chi connectivity index (χ3v) is 5.83. The van der Waals surface area contributed by atoms with Gasteiger partial charge in [-0.25, -0.2) is 4.68 Å². The third kappa shape index (κ3) is 3.16. The van der Waals surface area contributed by atoms with Crippen LogP contribution in [0.2, 0.25) is 10.0 Å². The van der Waals surface area contributed by atoms with Gasteiger partial charge < -0.3 is 5.32 Å². The molecule has 0 aliphatic carbocycles. The topological polar surface area (TPSA) is 64.0 Å². The molecule has 26 heavy (non-hydrogen) atoms. The molecule has 1 aromatic heterocycles. The van der Waals surface area contributed by atoms with Crippen LogP contribution in [0.4, 0.5) is 5.82 Å². The van der Waals surface area contributed by atoms with Crippen molar-refractivity contribution in [2.45, 2.75) is 11.5 Å². The zero-order valence-corrected chi connectivity index (χ0v) is 15.7. The Balaban J connectivity index is 1.76. The molecule has 2 aromatic carbocycles. The number of halogens is 2. The lowest BCUT2D eigenvalue weighted by atomic mass is 10.2. The molecule has 5 nitrogen and oxygen atoms in total. The van der Waals surface area contributed by atoms with Crippen LogP contribution in [0.3, 0.4) is 0 Å². The smallest absolute Gasteiger partial charge is 0.258 e. The van der Waals surface area contributed by atoms with E-state index in [4.69, 9.17) is 23.2 Å². The van der Waals surface area contributed by atoms with Gasteiger partial charge in [0.15, 0.2) is 0 Å². The zero-order chi connectivity index (χ0) is 18.3. The van der Waals surface area contributed by atoms with Crippen molar-refractivity contribution < 1.29 is 9.00 Å². The number of fused-ring (bicyclic) bond motifs is 1. The van der Waals surface area contributed by atoms with E-state index in [2.05, 4.69) is 10.4 Å². The second-order valence-corrected chi connectivity index (χ2v) is 8.13. The standard InChI is InChI=1S/C18H13Cl2N3O2S/c19-11-6-7-13(15(20)8-11)18(24)21-17-14-9-26(25)10-16(14)22-23(17)12-4-2-1-3-5-12/h1-8H,9-10H2,(H,21,24). The van der Waals surface area contributed by atoms with Crippen LogP contribution in [0, 0.1) is 0 Å². The molecule has 0 fully saturated rings. The summed E-state index contributed by atoms with van der Waals surface area (Å²) in [6.07, 6.45) is 0. The van der Waals surface area contributed by atoms with Crippen molar-refractivity contribution in [3.63, 3.8) is 0 Å². The number of amides is 1. The number of nitrogens with one attached hydrogen (secondary N) is 1. The fraction of sp³-hybridized carbons (Fsp3) is 0.111. The molecule has 4 rings (SSSR count). The molecule has 1 aliphatic rings. The van der Waals surface area contributed by atoms with Crippen LogP contribution < -0.4 is 5.32 Å². The van der Waals surface area contributed by atoms with E-state index in [1.807, 2.05) is 30.3 Å². The first-order chi connectivity index (χ1) is 12.5. The summed E-state index contributed by atoms with van der Waals surface area (Å²) < 4.78 is 13.6. The van der Waals surface area contributed by atoms with Crippen LogP contribution in [0.15, 0.2) is 48.5 Å². The van der Waals surface area contributed by atoms with Crippen LogP contribution in [0.25, 0.3) is 5.69 Å². The van der Waals surface area contributed by atoms with E-state index >= 15 is 0 Å². The number of hydrogen-bond donors (Lipinski definition) is 1. The van der Waals surface area contributed by atoms with Gasteiger partial charge in [0.2, 0.25) is 0 Å². The minimum Gasteiger partial charge on any atom is -0.306 e. The fourth-order valence-corrected chi connectivity index (χ4v) is 4.62. The molecule has 0 saturated heterocycles. The Hall–Kier alpha value is -2.15. The highest BCUT2D eigenvalue weighted by molar-refractivity contribution is 7.83. The number of carbonyl (C=O) groups excluding carboxylic acids is 1. The molecule has 0 bridgehead atoms. The maximum atomic E-state index is 12.8. The SMILES string of the molecule is O=C(Nc1c2c(nn1-c1ccccc1)CS(=O)C2)c1ccc(Cl)cc1Cl. The predicted octanol–water partition coefficient (Wildman–Crippen LogP) is 4.19. The average Bonchev–Trinajstić information content (AvgIpc) is 3.13. The monoisotopic (exact) mass is 405 g/mol. The van der Waals surface area contributed by atoms with Crippen molar-refractivity contribution in [2.75, 3.05) is 5.32 Å². The highest BCUT2D eigenvalue weighted by Crippen LogP contribution is 2.32. The van der Waals surface area contributed by atoms with Crippen LogP contribution in [0.1, 0.15) is 21.6 Å². The van der Waals surface area contributed by atoms with E-state index in [1.54, 1.807) is 16.8 Å². The molecule has 0 saturated carbocycles. The van der Waals surface area contributed by atoms with Crippen molar-refractivity contribution in [2.24, 2.45) is 0 Å². The van der Waals surface area contributed by atoms with Gasteiger partial charge in [0.1, 0.15) is 5.82 Å². The van der Waals surface area contributed by atoms with E-state index in [-0.39, 0.29) is 10.9 Å². The zero-order valence-electron chi connectivity index (χ0n) is 13.4. The molecule has 2 heterocycles. The molecule has 8 heteroatoms. The normalized spacial score (nSPS) is 15.7. The Morgan fingerprint density at radius 1 is 1.12 bits per heavy atom. The van der Waals surface area contributed by atoms with Gasteiger partial charge in [-0.05, 0) is 30.3 Å². The molecule has 132 valence electrons. The largest absolute Gasteiger partial charge is 0.306 e. The van der Waals surface area contributed by atoms with Gasteiger partial charge in [0.25, 0.3) is 5.91 Å². The maximum Gasteiger partial charge on any atom is 0.258 e. The van der Waals surface area contributed by atoms with Crippen LogP contribution in [-0.2, 0) is 22.3 Å². The van der Waals surface area contributed by atoms with Crippen molar-refractivity contribution in [3.05, 3.63) is 75.4 Å². The van der Waals surface area contributed by atoms with Gasteiger partial charge in [-0.1, -0.05) is 41.4 Å². The molecular formula is C18H13Cl2N3O2S. The quantitative estimate of drug-likeness (QED) is 0.710. The minimum atomic E-state index is -1.00. The molecule has 0 radical (unpaired) electrons. The van der Waals surface area contributed by atoms with Gasteiger partial charge in [-0.15, -0.1) is 0 Å². The predicted molar refractivity (Wildman–Crippen MR) is 104 cm³/mol. The van der Waals surface area contributed by atoms with Gasteiger partial charge in [-0.2, -0.15) is 5.10 Å². The van der Waals surface area contributed by atoms with Gasteiger partial charge in [-0.3, -0.25) is 9.00 Å². The summed E-state index contributed by atoms with van der Waals surface area (Å²) in [5, 5.41) is 8.16. The molecule has 3 aromatic rings. The van der Waals surface area contributed by atoms with Crippen molar-refractivity contribution >= 4 is 45.7 Å². The molecule has 1 unspecified atom stereocenters. The average molecular weight is 406 g/mol. The number of hydrogen-bond acceptors (Lipinski definition) is 3. The second kappa shape index (κ2) is 6.87. The first-order valence-electron chi connectivity index (χ1n) is 7.80. The Labute approximate surface area is 162 Å². The van der Waals surface area contributed by atoms with E-state index in [9.17, 15) is 9.00 Å². The summed E-state index contributed by atoms with van der Waals surface area (Å²) in [6, 6.07) is 14.2. The van der Waals surface area contributed by atoms with Gasteiger partial charge in [0.05, 0.1) is 33.5 Å². The van der Waals surface area contributed by atoms with E-state index in [1.165, 1.54) is 6.07 Å².